The van der Waals surface area contributed by atoms with Crippen molar-refractivity contribution in [1.82, 2.24) is 4.98 Å². The molecule has 0 unspecified atom stereocenters. The number of rotatable bonds is 5. The highest BCUT2D eigenvalue weighted by atomic mass is 16.5. The van der Waals surface area contributed by atoms with Crippen LogP contribution in [0.15, 0.2) is 12.1 Å². The Morgan fingerprint density at radius 3 is 2.88 bits per heavy atom. The summed E-state index contributed by atoms with van der Waals surface area (Å²) < 4.78 is 5.35. The van der Waals surface area contributed by atoms with Gasteiger partial charge in [-0.25, -0.2) is 0 Å². The van der Waals surface area contributed by atoms with Crippen LogP contribution in [0, 0.1) is 5.41 Å². The summed E-state index contributed by atoms with van der Waals surface area (Å²) in [6, 6.07) is 3.72. The maximum absolute atomic E-state index is 5.75. The van der Waals surface area contributed by atoms with Crippen molar-refractivity contribution >= 4 is 11.5 Å². The summed E-state index contributed by atoms with van der Waals surface area (Å²) in [4.78, 5) is 4.33. The standard InChI is InChI=1S/C12H19N3O/c1-3-16-11-9(13)4-5-10(15-11)14-8-12(2)6-7-12/h4-5H,3,6-8,13H2,1-2H3,(H,14,15). The van der Waals surface area contributed by atoms with E-state index in [0.717, 1.165) is 12.4 Å². The maximum Gasteiger partial charge on any atom is 0.239 e. The number of nitrogens with zero attached hydrogens (tertiary/aromatic N) is 1. The predicted octanol–water partition coefficient (Wildman–Crippen LogP) is 2.27. The SMILES string of the molecule is CCOc1nc(NCC2(C)CC2)ccc1N. The molecule has 4 nitrogen and oxygen atoms in total. The quantitative estimate of drug-likeness (QED) is 0.800. The molecule has 0 atom stereocenters. The minimum Gasteiger partial charge on any atom is -0.476 e. The molecule has 3 N–H and O–H groups in total. The second kappa shape index (κ2) is 4.20. The van der Waals surface area contributed by atoms with Crippen molar-refractivity contribution in [2.75, 3.05) is 24.2 Å². The Morgan fingerprint density at radius 1 is 1.50 bits per heavy atom. The van der Waals surface area contributed by atoms with E-state index < -0.39 is 0 Å². The first kappa shape index (κ1) is 11.0. The molecule has 4 heteroatoms. The molecule has 1 fully saturated rings. The van der Waals surface area contributed by atoms with E-state index in [-0.39, 0.29) is 0 Å². The first-order valence-corrected chi connectivity index (χ1v) is 5.76. The summed E-state index contributed by atoms with van der Waals surface area (Å²) in [5.74, 6) is 1.36. The van der Waals surface area contributed by atoms with E-state index in [4.69, 9.17) is 10.5 Å². The van der Waals surface area contributed by atoms with Crippen LogP contribution in [0.5, 0.6) is 5.88 Å². The molecule has 1 aliphatic carbocycles. The number of ether oxygens (including phenoxy) is 1. The number of pyridine rings is 1. The largest absolute Gasteiger partial charge is 0.476 e. The van der Waals surface area contributed by atoms with E-state index >= 15 is 0 Å². The van der Waals surface area contributed by atoms with E-state index in [1.807, 2.05) is 19.1 Å². The zero-order valence-electron chi connectivity index (χ0n) is 9.92. The van der Waals surface area contributed by atoms with Crippen molar-refractivity contribution in [3.8, 4) is 5.88 Å². The highest BCUT2D eigenvalue weighted by Gasteiger charge is 2.36. The van der Waals surface area contributed by atoms with Crippen LogP contribution in [0.2, 0.25) is 0 Å². The highest BCUT2D eigenvalue weighted by molar-refractivity contribution is 5.53. The van der Waals surface area contributed by atoms with E-state index in [0.29, 0.717) is 23.6 Å². The van der Waals surface area contributed by atoms with Gasteiger partial charge in [0.1, 0.15) is 5.82 Å². The predicted molar refractivity (Wildman–Crippen MR) is 65.6 cm³/mol. The third-order valence-electron chi connectivity index (χ3n) is 2.97. The minimum absolute atomic E-state index is 0.467. The Kier molecular flexibility index (Phi) is 2.90. The zero-order chi connectivity index (χ0) is 11.6. The Hall–Kier alpha value is -1.45. The molecule has 0 saturated heterocycles. The maximum atomic E-state index is 5.75. The first-order valence-electron chi connectivity index (χ1n) is 5.76. The van der Waals surface area contributed by atoms with Gasteiger partial charge in [0.15, 0.2) is 0 Å². The van der Waals surface area contributed by atoms with Crippen LogP contribution in [-0.4, -0.2) is 18.1 Å². The number of nitrogens with two attached hydrogens (primary N) is 1. The Labute approximate surface area is 96.2 Å². The molecule has 0 aliphatic heterocycles. The molecule has 1 heterocycles. The smallest absolute Gasteiger partial charge is 0.239 e. The lowest BCUT2D eigenvalue weighted by molar-refractivity contribution is 0.329. The number of aromatic nitrogens is 1. The second-order valence-corrected chi connectivity index (χ2v) is 4.69. The van der Waals surface area contributed by atoms with Crippen LogP contribution in [0.1, 0.15) is 26.7 Å². The molecule has 1 aliphatic rings. The Morgan fingerprint density at radius 2 is 2.25 bits per heavy atom. The third-order valence-corrected chi connectivity index (χ3v) is 2.97. The molecule has 88 valence electrons. The first-order chi connectivity index (χ1) is 7.63. The molecule has 2 rings (SSSR count). The van der Waals surface area contributed by atoms with Crippen LogP contribution in [0.3, 0.4) is 0 Å². The van der Waals surface area contributed by atoms with Crippen molar-refractivity contribution in [3.63, 3.8) is 0 Å². The summed E-state index contributed by atoms with van der Waals surface area (Å²) in [6.45, 7) is 5.75. The van der Waals surface area contributed by atoms with Crippen LogP contribution in [0.25, 0.3) is 0 Å². The number of nitrogen functional groups attached to an aromatic ring is 1. The van der Waals surface area contributed by atoms with Crippen molar-refractivity contribution in [3.05, 3.63) is 12.1 Å². The van der Waals surface area contributed by atoms with E-state index in [1.165, 1.54) is 12.8 Å². The molecule has 0 aromatic carbocycles. The van der Waals surface area contributed by atoms with E-state index in [1.54, 1.807) is 0 Å². The molecule has 0 radical (unpaired) electrons. The molecule has 0 bridgehead atoms. The Balaban J connectivity index is 2.00. The van der Waals surface area contributed by atoms with Crippen molar-refractivity contribution in [2.24, 2.45) is 5.41 Å². The van der Waals surface area contributed by atoms with Gasteiger partial charge in [0, 0.05) is 6.54 Å². The lowest BCUT2D eigenvalue weighted by Gasteiger charge is -2.12. The van der Waals surface area contributed by atoms with Crippen molar-refractivity contribution in [2.45, 2.75) is 26.7 Å². The van der Waals surface area contributed by atoms with Crippen LogP contribution in [0.4, 0.5) is 11.5 Å². The number of nitrogens with one attached hydrogen (secondary N) is 1. The Bertz CT molecular complexity index is 375. The van der Waals surface area contributed by atoms with Gasteiger partial charge in [-0.15, -0.1) is 0 Å². The average Bonchev–Trinajstić information content (AvgIpc) is 2.99. The van der Waals surface area contributed by atoms with Crippen LogP contribution >= 0.6 is 0 Å². The topological polar surface area (TPSA) is 60.2 Å². The summed E-state index contributed by atoms with van der Waals surface area (Å²) in [5.41, 5.74) is 6.81. The third kappa shape index (κ3) is 2.56. The fourth-order valence-corrected chi connectivity index (χ4v) is 1.50. The summed E-state index contributed by atoms with van der Waals surface area (Å²) in [5, 5.41) is 3.33. The number of hydrogen-bond acceptors (Lipinski definition) is 4. The monoisotopic (exact) mass is 221 g/mol. The minimum atomic E-state index is 0.467. The number of hydrogen-bond donors (Lipinski definition) is 2. The van der Waals surface area contributed by atoms with Gasteiger partial charge in [0.2, 0.25) is 5.88 Å². The molecule has 1 aromatic heterocycles. The van der Waals surface area contributed by atoms with Gasteiger partial charge in [0.05, 0.1) is 12.3 Å². The lowest BCUT2D eigenvalue weighted by atomic mass is 10.1. The normalized spacial score (nSPS) is 16.9. The van der Waals surface area contributed by atoms with Crippen LogP contribution < -0.4 is 15.8 Å². The van der Waals surface area contributed by atoms with E-state index in [9.17, 15) is 0 Å². The van der Waals surface area contributed by atoms with Gasteiger partial charge >= 0.3 is 0 Å². The summed E-state index contributed by atoms with van der Waals surface area (Å²) >= 11 is 0. The van der Waals surface area contributed by atoms with Crippen LogP contribution in [-0.2, 0) is 0 Å². The molecule has 0 amide bonds. The number of anilines is 2. The highest BCUT2D eigenvalue weighted by Crippen LogP contribution is 2.44. The van der Waals surface area contributed by atoms with Gasteiger partial charge < -0.3 is 15.8 Å². The zero-order valence-corrected chi connectivity index (χ0v) is 9.92. The van der Waals surface area contributed by atoms with Gasteiger partial charge in [-0.3, -0.25) is 0 Å². The lowest BCUT2D eigenvalue weighted by Crippen LogP contribution is -2.13. The van der Waals surface area contributed by atoms with Gasteiger partial charge in [-0.05, 0) is 37.3 Å². The molecule has 16 heavy (non-hydrogen) atoms. The van der Waals surface area contributed by atoms with E-state index in [2.05, 4.69) is 17.2 Å². The van der Waals surface area contributed by atoms with Gasteiger partial charge in [-0.2, -0.15) is 4.98 Å². The van der Waals surface area contributed by atoms with Gasteiger partial charge in [-0.1, -0.05) is 6.92 Å². The second-order valence-electron chi connectivity index (χ2n) is 4.69. The molecule has 1 saturated carbocycles. The molecular formula is C12H19N3O. The average molecular weight is 221 g/mol. The summed E-state index contributed by atoms with van der Waals surface area (Å²) in [6.07, 6.45) is 2.60. The molecule has 1 aromatic rings. The summed E-state index contributed by atoms with van der Waals surface area (Å²) in [7, 11) is 0. The van der Waals surface area contributed by atoms with Crippen molar-refractivity contribution in [1.29, 1.82) is 0 Å². The molecular weight excluding hydrogens is 202 g/mol. The van der Waals surface area contributed by atoms with Crippen molar-refractivity contribution < 1.29 is 4.74 Å². The molecule has 0 spiro atoms. The van der Waals surface area contributed by atoms with Gasteiger partial charge in [0.25, 0.3) is 0 Å². The fraction of sp³-hybridized carbons (Fsp3) is 0.583. The fourth-order valence-electron chi connectivity index (χ4n) is 1.50.